The van der Waals surface area contributed by atoms with Crippen LogP contribution in [0.3, 0.4) is 0 Å². The molecule has 1 saturated heterocycles. The fourth-order valence-corrected chi connectivity index (χ4v) is 4.64. The molecule has 0 aliphatic carbocycles. The number of hydrogen-bond donors (Lipinski definition) is 2. The van der Waals surface area contributed by atoms with Crippen molar-refractivity contribution < 1.29 is 18.0 Å². The van der Waals surface area contributed by atoms with Crippen molar-refractivity contribution in [2.45, 2.75) is 24.7 Å². The minimum absolute atomic E-state index is 0.127. The van der Waals surface area contributed by atoms with E-state index in [0.29, 0.717) is 30.8 Å². The van der Waals surface area contributed by atoms with Crippen LogP contribution in [0, 0.1) is 5.92 Å². The quantitative estimate of drug-likeness (QED) is 0.796. The minimum atomic E-state index is -3.72. The molecular weight excluding hydrogens is 380 g/mol. The summed E-state index contributed by atoms with van der Waals surface area (Å²) in [6, 6.07) is 9.46. The number of nitrogens with zero attached hydrogens (tertiary/aromatic N) is 2. The second kappa shape index (κ2) is 8.49. The number of nitrogens with one attached hydrogen (secondary N) is 2. The Balaban J connectivity index is 1.70. The summed E-state index contributed by atoms with van der Waals surface area (Å²) in [6.07, 6.45) is 4.39. The van der Waals surface area contributed by atoms with Gasteiger partial charge in [-0.05, 0) is 49.2 Å². The Morgan fingerprint density at radius 3 is 2.50 bits per heavy atom. The number of hydrogen-bond acceptors (Lipinski definition) is 5. The molecule has 148 valence electrons. The first kappa shape index (κ1) is 20.0. The Morgan fingerprint density at radius 1 is 1.11 bits per heavy atom. The van der Waals surface area contributed by atoms with Gasteiger partial charge in [0.1, 0.15) is 0 Å². The van der Waals surface area contributed by atoms with Crippen molar-refractivity contribution in [2.24, 2.45) is 5.92 Å². The molecule has 0 unspecified atom stereocenters. The van der Waals surface area contributed by atoms with Gasteiger partial charge in [-0.2, -0.15) is 4.31 Å². The maximum absolute atomic E-state index is 12.9. The van der Waals surface area contributed by atoms with Gasteiger partial charge < -0.3 is 10.6 Å². The van der Waals surface area contributed by atoms with E-state index in [0.717, 1.165) is 0 Å². The lowest BCUT2D eigenvalue weighted by atomic mass is 9.99. The lowest BCUT2D eigenvalue weighted by molar-refractivity contribution is -0.121. The van der Waals surface area contributed by atoms with Crippen LogP contribution in [0.2, 0.25) is 0 Å². The maximum atomic E-state index is 12.9. The van der Waals surface area contributed by atoms with Crippen molar-refractivity contribution in [3.63, 3.8) is 0 Å². The molecule has 8 nitrogen and oxygen atoms in total. The lowest BCUT2D eigenvalue weighted by Crippen LogP contribution is -2.43. The predicted molar refractivity (Wildman–Crippen MR) is 105 cm³/mol. The number of sulfonamides is 1. The zero-order valence-corrected chi connectivity index (χ0v) is 16.3. The van der Waals surface area contributed by atoms with Crippen molar-refractivity contribution >= 4 is 33.2 Å². The van der Waals surface area contributed by atoms with Crippen molar-refractivity contribution in [1.29, 1.82) is 0 Å². The molecule has 0 saturated carbocycles. The van der Waals surface area contributed by atoms with Gasteiger partial charge in [0.05, 0.1) is 22.7 Å². The molecule has 1 aromatic heterocycles. The highest BCUT2D eigenvalue weighted by Crippen LogP contribution is 2.25. The first-order valence-electron chi connectivity index (χ1n) is 8.95. The summed E-state index contributed by atoms with van der Waals surface area (Å²) in [4.78, 5) is 27.7. The van der Waals surface area contributed by atoms with Crippen molar-refractivity contribution in [2.75, 3.05) is 23.7 Å². The van der Waals surface area contributed by atoms with Crippen molar-refractivity contribution in [1.82, 2.24) is 9.29 Å². The molecule has 2 aromatic rings. The van der Waals surface area contributed by atoms with Crippen LogP contribution in [0.5, 0.6) is 0 Å². The number of amides is 2. The first-order chi connectivity index (χ1) is 13.4. The van der Waals surface area contributed by atoms with E-state index in [1.807, 2.05) is 0 Å². The molecule has 3 rings (SSSR count). The number of anilines is 2. The number of piperidine rings is 1. The summed E-state index contributed by atoms with van der Waals surface area (Å²) in [6.45, 7) is 1.88. The molecule has 1 atom stereocenters. The maximum Gasteiger partial charge on any atom is 0.243 e. The molecule has 2 N–H and O–H groups in total. The Labute approximate surface area is 164 Å². The van der Waals surface area contributed by atoms with Crippen LogP contribution >= 0.6 is 0 Å². The van der Waals surface area contributed by atoms with Gasteiger partial charge in [0.15, 0.2) is 0 Å². The van der Waals surface area contributed by atoms with E-state index in [1.165, 1.54) is 23.4 Å². The average molecular weight is 402 g/mol. The van der Waals surface area contributed by atoms with Gasteiger partial charge in [0.2, 0.25) is 21.8 Å². The molecule has 1 aliphatic heterocycles. The highest BCUT2D eigenvalue weighted by Gasteiger charge is 2.33. The highest BCUT2D eigenvalue weighted by molar-refractivity contribution is 7.89. The first-order valence-corrected chi connectivity index (χ1v) is 10.4. The molecule has 2 heterocycles. The summed E-state index contributed by atoms with van der Waals surface area (Å²) >= 11 is 0. The molecule has 1 aliphatic rings. The van der Waals surface area contributed by atoms with Gasteiger partial charge in [-0.25, -0.2) is 8.42 Å². The molecule has 9 heteroatoms. The molecule has 0 bridgehead atoms. The highest BCUT2D eigenvalue weighted by atomic mass is 32.2. The third kappa shape index (κ3) is 4.73. The standard InChI is InChI=1S/C19H22N4O4S/c1-14(24)21-16-6-8-18(9-7-16)28(26,27)23-11-3-4-15(13-23)19(25)22-17-5-2-10-20-12-17/h2,5-10,12,15H,3-4,11,13H2,1H3,(H,21,24)(H,22,25)/t15-/m0/s1. The third-order valence-corrected chi connectivity index (χ3v) is 6.38. The molecule has 0 radical (unpaired) electrons. The number of pyridine rings is 1. The van der Waals surface area contributed by atoms with E-state index in [-0.39, 0.29) is 23.3 Å². The van der Waals surface area contributed by atoms with Crippen LogP contribution < -0.4 is 10.6 Å². The summed E-state index contributed by atoms with van der Waals surface area (Å²) in [5, 5.41) is 5.39. The van der Waals surface area contributed by atoms with Gasteiger partial charge in [0.25, 0.3) is 0 Å². The number of aromatic nitrogens is 1. The van der Waals surface area contributed by atoms with E-state index in [9.17, 15) is 18.0 Å². The van der Waals surface area contributed by atoms with Crippen LogP contribution in [-0.4, -0.2) is 42.6 Å². The Morgan fingerprint density at radius 2 is 1.86 bits per heavy atom. The summed E-state index contributed by atoms with van der Waals surface area (Å²) in [5.41, 5.74) is 1.11. The van der Waals surface area contributed by atoms with E-state index < -0.39 is 15.9 Å². The molecule has 2 amide bonds. The van der Waals surface area contributed by atoms with Crippen LogP contribution in [-0.2, 0) is 19.6 Å². The molecule has 1 aromatic carbocycles. The second-order valence-electron chi connectivity index (χ2n) is 6.64. The fourth-order valence-electron chi connectivity index (χ4n) is 3.12. The Hall–Kier alpha value is -2.78. The second-order valence-corrected chi connectivity index (χ2v) is 8.58. The van der Waals surface area contributed by atoms with Crippen LogP contribution in [0.4, 0.5) is 11.4 Å². The molecule has 0 spiro atoms. The van der Waals surface area contributed by atoms with Gasteiger partial charge in [0, 0.05) is 31.9 Å². The van der Waals surface area contributed by atoms with Gasteiger partial charge in [-0.3, -0.25) is 14.6 Å². The van der Waals surface area contributed by atoms with Crippen LogP contribution in [0.1, 0.15) is 19.8 Å². The van der Waals surface area contributed by atoms with Crippen LogP contribution in [0.25, 0.3) is 0 Å². The van der Waals surface area contributed by atoms with Crippen LogP contribution in [0.15, 0.2) is 53.7 Å². The lowest BCUT2D eigenvalue weighted by Gasteiger charge is -2.31. The Bertz CT molecular complexity index is 946. The van der Waals surface area contributed by atoms with Crippen molar-refractivity contribution in [3.8, 4) is 0 Å². The van der Waals surface area contributed by atoms with Gasteiger partial charge in [-0.15, -0.1) is 0 Å². The molecule has 1 fully saturated rings. The third-order valence-electron chi connectivity index (χ3n) is 4.50. The largest absolute Gasteiger partial charge is 0.326 e. The summed E-state index contributed by atoms with van der Waals surface area (Å²) in [7, 11) is -3.72. The average Bonchev–Trinajstić information content (AvgIpc) is 2.69. The fraction of sp³-hybridized carbons (Fsp3) is 0.316. The SMILES string of the molecule is CC(=O)Nc1ccc(S(=O)(=O)N2CCC[C@H](C(=O)Nc3cccnc3)C2)cc1. The van der Waals surface area contributed by atoms with E-state index in [4.69, 9.17) is 0 Å². The van der Waals surface area contributed by atoms with E-state index in [1.54, 1.807) is 36.7 Å². The normalized spacial score (nSPS) is 17.7. The number of rotatable bonds is 5. The molecular formula is C19H22N4O4S. The Kier molecular flexibility index (Phi) is 6.05. The minimum Gasteiger partial charge on any atom is -0.326 e. The monoisotopic (exact) mass is 402 g/mol. The number of carbonyl (C=O) groups excluding carboxylic acids is 2. The zero-order chi connectivity index (χ0) is 20.1. The van der Waals surface area contributed by atoms with E-state index in [2.05, 4.69) is 15.6 Å². The number of benzene rings is 1. The zero-order valence-electron chi connectivity index (χ0n) is 15.5. The smallest absolute Gasteiger partial charge is 0.243 e. The summed E-state index contributed by atoms with van der Waals surface area (Å²) < 4.78 is 27.2. The van der Waals surface area contributed by atoms with E-state index >= 15 is 0 Å². The van der Waals surface area contributed by atoms with Crippen molar-refractivity contribution in [3.05, 3.63) is 48.8 Å². The van der Waals surface area contributed by atoms with Gasteiger partial charge in [-0.1, -0.05) is 0 Å². The molecule has 28 heavy (non-hydrogen) atoms. The van der Waals surface area contributed by atoms with Gasteiger partial charge >= 0.3 is 0 Å². The predicted octanol–water partition coefficient (Wildman–Crippen LogP) is 2.08. The summed E-state index contributed by atoms with van der Waals surface area (Å²) in [5.74, 6) is -0.870. The topological polar surface area (TPSA) is 108 Å². The number of carbonyl (C=O) groups is 2.